The van der Waals surface area contributed by atoms with Crippen LogP contribution < -0.4 is 11.1 Å². The molecule has 0 saturated carbocycles. The first-order valence-corrected chi connectivity index (χ1v) is 7.52. The summed E-state index contributed by atoms with van der Waals surface area (Å²) in [7, 11) is 0. The Labute approximate surface area is 116 Å². The number of urea groups is 1. The quantitative estimate of drug-likeness (QED) is 0.768. The van der Waals surface area contributed by atoms with Crippen LogP contribution in [0.15, 0.2) is 11.6 Å². The van der Waals surface area contributed by atoms with Crippen LogP contribution in [-0.2, 0) is 0 Å². The molecule has 0 aromatic rings. The molecule has 2 aliphatic rings. The zero-order valence-corrected chi connectivity index (χ0v) is 12.2. The molecule has 2 amide bonds. The van der Waals surface area contributed by atoms with Crippen LogP contribution in [0, 0.1) is 11.8 Å². The van der Waals surface area contributed by atoms with Crippen molar-refractivity contribution in [3.63, 3.8) is 0 Å². The van der Waals surface area contributed by atoms with Crippen LogP contribution >= 0.6 is 0 Å². The Bertz CT molecular complexity index is 345. The van der Waals surface area contributed by atoms with Gasteiger partial charge >= 0.3 is 6.03 Å². The van der Waals surface area contributed by atoms with Gasteiger partial charge < -0.3 is 16.0 Å². The van der Waals surface area contributed by atoms with Gasteiger partial charge in [0.05, 0.1) is 0 Å². The Morgan fingerprint density at radius 3 is 2.68 bits per heavy atom. The molecule has 108 valence electrons. The van der Waals surface area contributed by atoms with E-state index < -0.39 is 0 Å². The number of likely N-dealkylation sites (tertiary alicyclic amines) is 1. The fourth-order valence-electron chi connectivity index (χ4n) is 3.34. The number of carbonyl (C=O) groups is 1. The topological polar surface area (TPSA) is 58.4 Å². The Kier molecular flexibility index (Phi) is 4.86. The minimum atomic E-state index is -0.280. The summed E-state index contributed by atoms with van der Waals surface area (Å²) in [6.45, 7) is 7.28. The van der Waals surface area contributed by atoms with Crippen molar-refractivity contribution in [1.29, 1.82) is 0 Å². The molecule has 0 aromatic heterocycles. The minimum Gasteiger partial charge on any atom is -0.351 e. The zero-order valence-electron chi connectivity index (χ0n) is 12.2. The van der Waals surface area contributed by atoms with E-state index in [1.54, 1.807) is 10.5 Å². The second kappa shape index (κ2) is 6.42. The molecule has 4 heteroatoms. The second-order valence-corrected chi connectivity index (χ2v) is 6.12. The normalized spacial score (nSPS) is 29.2. The van der Waals surface area contributed by atoms with Gasteiger partial charge in [0.2, 0.25) is 0 Å². The highest BCUT2D eigenvalue weighted by atomic mass is 16.2. The van der Waals surface area contributed by atoms with Crippen molar-refractivity contribution < 1.29 is 4.79 Å². The molecule has 4 nitrogen and oxygen atoms in total. The van der Waals surface area contributed by atoms with Crippen LogP contribution in [0.2, 0.25) is 0 Å². The summed E-state index contributed by atoms with van der Waals surface area (Å²) in [4.78, 5) is 12.8. The van der Waals surface area contributed by atoms with Gasteiger partial charge in [-0.3, -0.25) is 0 Å². The Morgan fingerprint density at radius 2 is 2.11 bits per heavy atom. The lowest BCUT2D eigenvalue weighted by Crippen LogP contribution is -2.48. The van der Waals surface area contributed by atoms with Crippen molar-refractivity contribution in [2.24, 2.45) is 17.6 Å². The number of amides is 2. The van der Waals surface area contributed by atoms with Crippen molar-refractivity contribution in [2.75, 3.05) is 19.6 Å². The number of nitrogens with two attached hydrogens (primary N) is 1. The van der Waals surface area contributed by atoms with E-state index in [2.05, 4.69) is 25.2 Å². The third-order valence-electron chi connectivity index (χ3n) is 4.79. The molecule has 1 aliphatic carbocycles. The van der Waals surface area contributed by atoms with Gasteiger partial charge in [-0.25, -0.2) is 4.79 Å². The molecule has 3 N–H and O–H groups in total. The number of primary amides is 1. The third kappa shape index (κ3) is 3.72. The van der Waals surface area contributed by atoms with Gasteiger partial charge in [-0.05, 0) is 44.4 Å². The predicted molar refractivity (Wildman–Crippen MR) is 77.8 cm³/mol. The molecule has 2 rings (SSSR count). The van der Waals surface area contributed by atoms with E-state index in [0.29, 0.717) is 12.0 Å². The average molecular weight is 265 g/mol. The summed E-state index contributed by atoms with van der Waals surface area (Å²) in [5.41, 5.74) is 6.84. The van der Waals surface area contributed by atoms with Crippen LogP contribution in [0.3, 0.4) is 0 Å². The van der Waals surface area contributed by atoms with Crippen LogP contribution in [-0.4, -0.2) is 36.6 Å². The van der Waals surface area contributed by atoms with E-state index in [1.807, 2.05) is 0 Å². The van der Waals surface area contributed by atoms with Crippen LogP contribution in [0.1, 0.15) is 39.5 Å². The molecule has 0 aromatic carbocycles. The van der Waals surface area contributed by atoms with Gasteiger partial charge in [0.15, 0.2) is 0 Å². The van der Waals surface area contributed by atoms with Crippen molar-refractivity contribution in [2.45, 2.75) is 45.6 Å². The molecule has 19 heavy (non-hydrogen) atoms. The van der Waals surface area contributed by atoms with Gasteiger partial charge in [0.25, 0.3) is 0 Å². The molecule has 0 unspecified atom stereocenters. The highest BCUT2D eigenvalue weighted by molar-refractivity contribution is 5.72. The highest BCUT2D eigenvalue weighted by Gasteiger charge is 2.25. The van der Waals surface area contributed by atoms with Crippen LogP contribution in [0.25, 0.3) is 0 Å². The maximum atomic E-state index is 11.1. The zero-order chi connectivity index (χ0) is 13.8. The molecule has 1 fully saturated rings. The average Bonchev–Trinajstić information content (AvgIpc) is 2.38. The molecule has 0 spiro atoms. The summed E-state index contributed by atoms with van der Waals surface area (Å²) >= 11 is 0. The van der Waals surface area contributed by atoms with Gasteiger partial charge in [0.1, 0.15) is 0 Å². The second-order valence-electron chi connectivity index (χ2n) is 6.12. The summed E-state index contributed by atoms with van der Waals surface area (Å²) in [5.74, 6) is 1.46. The molecule has 1 saturated heterocycles. The Hall–Kier alpha value is -1.03. The van der Waals surface area contributed by atoms with Gasteiger partial charge in [-0.15, -0.1) is 0 Å². The van der Waals surface area contributed by atoms with Gasteiger partial charge in [-0.1, -0.05) is 18.6 Å². The monoisotopic (exact) mass is 265 g/mol. The van der Waals surface area contributed by atoms with Crippen LogP contribution in [0.4, 0.5) is 4.79 Å². The lowest BCUT2D eigenvalue weighted by Gasteiger charge is -2.34. The first-order valence-electron chi connectivity index (χ1n) is 7.52. The predicted octanol–water partition coefficient (Wildman–Crippen LogP) is 2.11. The first kappa shape index (κ1) is 14.4. The van der Waals surface area contributed by atoms with Crippen molar-refractivity contribution in [1.82, 2.24) is 10.2 Å². The molecular weight excluding hydrogens is 238 g/mol. The first-order chi connectivity index (χ1) is 9.08. The standard InChI is InChI=1S/C15H27N3O/c1-11-4-3-5-12(2)14(11)10-17-13-6-8-18(9-7-13)15(16)19/h4,12-14,17H,3,5-10H2,1-2H3,(H2,16,19)/t12-,14-/m1/s1. The fourth-order valence-corrected chi connectivity index (χ4v) is 3.34. The van der Waals surface area contributed by atoms with E-state index in [4.69, 9.17) is 5.73 Å². The number of piperidine rings is 1. The third-order valence-corrected chi connectivity index (χ3v) is 4.79. The van der Waals surface area contributed by atoms with Crippen molar-refractivity contribution in [3.8, 4) is 0 Å². The minimum absolute atomic E-state index is 0.280. The number of hydrogen-bond donors (Lipinski definition) is 2. The number of carbonyl (C=O) groups excluding carboxylic acids is 1. The van der Waals surface area contributed by atoms with E-state index >= 15 is 0 Å². The summed E-state index contributed by atoms with van der Waals surface area (Å²) in [5, 5.41) is 3.69. The van der Waals surface area contributed by atoms with Crippen molar-refractivity contribution >= 4 is 6.03 Å². The molecule has 0 radical (unpaired) electrons. The van der Waals surface area contributed by atoms with Gasteiger partial charge in [0, 0.05) is 25.7 Å². The number of nitrogens with one attached hydrogen (secondary N) is 1. The van der Waals surface area contributed by atoms with Gasteiger partial charge in [-0.2, -0.15) is 0 Å². The molecule has 1 aliphatic heterocycles. The highest BCUT2D eigenvalue weighted by Crippen LogP contribution is 2.29. The SMILES string of the molecule is CC1=CCC[C@@H](C)[C@@H]1CNC1CCN(C(N)=O)CC1. The van der Waals surface area contributed by atoms with E-state index in [-0.39, 0.29) is 6.03 Å². The maximum absolute atomic E-state index is 11.1. The molecular formula is C15H27N3O. The lowest BCUT2D eigenvalue weighted by molar-refractivity contribution is 0.183. The number of nitrogens with zero attached hydrogens (tertiary/aromatic N) is 1. The maximum Gasteiger partial charge on any atom is 0.314 e. The fraction of sp³-hybridized carbons (Fsp3) is 0.800. The number of rotatable bonds is 3. The van der Waals surface area contributed by atoms with Crippen molar-refractivity contribution in [3.05, 3.63) is 11.6 Å². The van der Waals surface area contributed by atoms with Crippen LogP contribution in [0.5, 0.6) is 0 Å². The van der Waals surface area contributed by atoms with E-state index in [1.165, 1.54) is 12.8 Å². The summed E-state index contributed by atoms with van der Waals surface area (Å²) in [6, 6.07) is 0.260. The summed E-state index contributed by atoms with van der Waals surface area (Å²) < 4.78 is 0. The number of hydrogen-bond acceptors (Lipinski definition) is 2. The lowest BCUT2D eigenvalue weighted by atomic mass is 9.80. The summed E-state index contributed by atoms with van der Waals surface area (Å²) in [6.07, 6.45) is 6.98. The van der Waals surface area contributed by atoms with E-state index in [0.717, 1.165) is 38.4 Å². The molecule has 1 heterocycles. The largest absolute Gasteiger partial charge is 0.351 e. The smallest absolute Gasteiger partial charge is 0.314 e. The Balaban J connectivity index is 1.76. The molecule has 0 bridgehead atoms. The van der Waals surface area contributed by atoms with E-state index in [9.17, 15) is 4.79 Å². The Morgan fingerprint density at radius 1 is 1.42 bits per heavy atom. The molecule has 2 atom stereocenters. The number of allylic oxidation sites excluding steroid dienone is 1.